The molecule has 1 saturated carbocycles. The normalized spacial score (nSPS) is 19.0. The SMILES string of the molecule is Cc1[nH]c(=O)sc1S(=O)(=O)NCC1(N(C)C)CCCCC1. The number of nitrogens with zero attached hydrogens (tertiary/aromatic N) is 1. The molecular weight excluding hydrogens is 310 g/mol. The first-order valence-corrected chi connectivity index (χ1v) is 9.44. The number of nitrogens with one attached hydrogen (secondary N) is 2. The number of rotatable bonds is 5. The van der Waals surface area contributed by atoms with Gasteiger partial charge in [0.05, 0.1) is 0 Å². The molecule has 0 aromatic carbocycles. The van der Waals surface area contributed by atoms with Crippen molar-refractivity contribution in [3.05, 3.63) is 15.4 Å². The summed E-state index contributed by atoms with van der Waals surface area (Å²) in [5.41, 5.74) is 0.278. The molecule has 6 nitrogen and oxygen atoms in total. The third kappa shape index (κ3) is 3.56. The van der Waals surface area contributed by atoms with Gasteiger partial charge < -0.3 is 9.88 Å². The quantitative estimate of drug-likeness (QED) is 0.850. The van der Waals surface area contributed by atoms with Crippen molar-refractivity contribution in [2.24, 2.45) is 0 Å². The predicted octanol–water partition coefficient (Wildman–Crippen LogP) is 1.29. The van der Waals surface area contributed by atoms with E-state index >= 15 is 0 Å². The molecule has 0 bridgehead atoms. The van der Waals surface area contributed by atoms with E-state index in [1.165, 1.54) is 6.42 Å². The Kier molecular flexibility index (Phi) is 4.92. The highest BCUT2D eigenvalue weighted by Gasteiger charge is 2.35. The molecule has 1 aromatic rings. The van der Waals surface area contributed by atoms with Gasteiger partial charge in [-0.1, -0.05) is 30.6 Å². The molecule has 0 spiro atoms. The minimum Gasteiger partial charge on any atom is -0.315 e. The van der Waals surface area contributed by atoms with Crippen LogP contribution in [0.2, 0.25) is 0 Å². The molecule has 1 fully saturated rings. The zero-order valence-electron chi connectivity index (χ0n) is 12.7. The van der Waals surface area contributed by atoms with E-state index in [1.54, 1.807) is 6.92 Å². The van der Waals surface area contributed by atoms with Crippen LogP contribution in [0.15, 0.2) is 9.00 Å². The fraction of sp³-hybridized carbons (Fsp3) is 0.769. The Bertz CT molecular complexity index is 640. The molecule has 0 unspecified atom stereocenters. The van der Waals surface area contributed by atoms with E-state index in [9.17, 15) is 13.2 Å². The smallest absolute Gasteiger partial charge is 0.305 e. The fourth-order valence-corrected chi connectivity index (χ4v) is 5.40. The Balaban J connectivity index is 2.17. The minimum atomic E-state index is -3.63. The molecule has 1 heterocycles. The highest BCUT2D eigenvalue weighted by Crippen LogP contribution is 2.32. The Labute approximate surface area is 129 Å². The number of hydrogen-bond acceptors (Lipinski definition) is 5. The molecule has 21 heavy (non-hydrogen) atoms. The molecule has 0 amide bonds. The molecule has 8 heteroatoms. The molecule has 0 radical (unpaired) electrons. The van der Waals surface area contributed by atoms with Crippen molar-refractivity contribution in [1.29, 1.82) is 0 Å². The van der Waals surface area contributed by atoms with E-state index in [2.05, 4.69) is 14.6 Å². The largest absolute Gasteiger partial charge is 0.315 e. The van der Waals surface area contributed by atoms with Gasteiger partial charge in [-0.15, -0.1) is 0 Å². The van der Waals surface area contributed by atoms with Gasteiger partial charge in [0.15, 0.2) is 4.21 Å². The summed E-state index contributed by atoms with van der Waals surface area (Å²) in [7, 11) is 0.369. The van der Waals surface area contributed by atoms with Crippen LogP contribution < -0.4 is 9.60 Å². The van der Waals surface area contributed by atoms with Crippen molar-refractivity contribution in [2.45, 2.75) is 48.8 Å². The lowest BCUT2D eigenvalue weighted by molar-refractivity contribution is 0.105. The van der Waals surface area contributed by atoms with Gasteiger partial charge >= 0.3 is 4.87 Å². The summed E-state index contributed by atoms with van der Waals surface area (Å²) in [5.74, 6) is 0. The van der Waals surface area contributed by atoms with Crippen molar-refractivity contribution in [3.63, 3.8) is 0 Å². The Morgan fingerprint density at radius 2 is 1.90 bits per heavy atom. The Morgan fingerprint density at radius 1 is 1.29 bits per heavy atom. The highest BCUT2D eigenvalue weighted by molar-refractivity contribution is 7.91. The monoisotopic (exact) mass is 333 g/mol. The van der Waals surface area contributed by atoms with Crippen LogP contribution >= 0.6 is 11.3 Å². The van der Waals surface area contributed by atoms with Gasteiger partial charge in [0.2, 0.25) is 0 Å². The summed E-state index contributed by atoms with van der Waals surface area (Å²) in [6.45, 7) is 1.99. The van der Waals surface area contributed by atoms with E-state index in [1.807, 2.05) is 14.1 Å². The topological polar surface area (TPSA) is 82.3 Å². The van der Waals surface area contributed by atoms with E-state index in [0.29, 0.717) is 12.2 Å². The van der Waals surface area contributed by atoms with Gasteiger partial charge in [-0.05, 0) is 33.9 Å². The van der Waals surface area contributed by atoms with Crippen molar-refractivity contribution >= 4 is 21.4 Å². The summed E-state index contributed by atoms with van der Waals surface area (Å²) in [5, 5.41) is 0. The summed E-state index contributed by atoms with van der Waals surface area (Å²) < 4.78 is 27.6. The van der Waals surface area contributed by atoms with Crippen LogP contribution in [0, 0.1) is 6.92 Å². The lowest BCUT2D eigenvalue weighted by Crippen LogP contribution is -2.53. The fourth-order valence-electron chi connectivity index (χ4n) is 2.93. The van der Waals surface area contributed by atoms with Gasteiger partial charge in [0, 0.05) is 17.8 Å². The third-order valence-corrected chi connectivity index (χ3v) is 7.36. The molecule has 0 atom stereocenters. The first kappa shape index (κ1) is 16.7. The maximum atomic E-state index is 12.4. The molecule has 2 N–H and O–H groups in total. The summed E-state index contributed by atoms with van der Waals surface area (Å²) in [6, 6.07) is 0. The van der Waals surface area contributed by atoms with Gasteiger partial charge in [-0.2, -0.15) is 0 Å². The molecular formula is C13H23N3O3S2. The molecule has 120 valence electrons. The van der Waals surface area contributed by atoms with Gasteiger partial charge in [0.25, 0.3) is 10.0 Å². The Hall–Kier alpha value is -0.700. The minimum absolute atomic E-state index is 0.0946. The van der Waals surface area contributed by atoms with Gasteiger partial charge in [-0.25, -0.2) is 13.1 Å². The van der Waals surface area contributed by atoms with E-state index in [4.69, 9.17) is 0 Å². The molecule has 1 aliphatic carbocycles. The maximum absolute atomic E-state index is 12.4. The van der Waals surface area contributed by atoms with Crippen LogP contribution in [0.4, 0.5) is 0 Å². The number of H-pyrrole nitrogens is 1. The number of hydrogen-bond donors (Lipinski definition) is 2. The molecule has 0 saturated heterocycles. The summed E-state index contributed by atoms with van der Waals surface area (Å²) >= 11 is 0.740. The number of sulfonamides is 1. The van der Waals surface area contributed by atoms with E-state index in [0.717, 1.165) is 37.0 Å². The second-order valence-electron chi connectivity index (χ2n) is 5.93. The number of thiazole rings is 1. The predicted molar refractivity (Wildman–Crippen MR) is 84.4 cm³/mol. The second-order valence-corrected chi connectivity index (χ2v) is 8.88. The van der Waals surface area contributed by atoms with E-state index < -0.39 is 10.0 Å². The average molecular weight is 333 g/mol. The zero-order valence-corrected chi connectivity index (χ0v) is 14.4. The van der Waals surface area contributed by atoms with Gasteiger partial charge in [-0.3, -0.25) is 4.79 Å². The molecule has 2 rings (SSSR count). The van der Waals surface area contributed by atoms with Crippen molar-refractivity contribution in [2.75, 3.05) is 20.6 Å². The van der Waals surface area contributed by atoms with Crippen molar-refractivity contribution < 1.29 is 8.42 Å². The zero-order chi connectivity index (χ0) is 15.7. The molecule has 1 aromatic heterocycles. The standard InChI is InChI=1S/C13H23N3O3S2/c1-10-11(20-12(17)15-10)21(18,19)14-9-13(16(2)3)7-5-4-6-8-13/h14H,4-9H2,1-3H3,(H,15,17). The average Bonchev–Trinajstić information content (AvgIpc) is 2.77. The summed E-state index contributed by atoms with van der Waals surface area (Å²) in [6.07, 6.45) is 5.43. The van der Waals surface area contributed by atoms with Crippen molar-refractivity contribution in [1.82, 2.24) is 14.6 Å². The number of aromatic nitrogens is 1. The lowest BCUT2D eigenvalue weighted by atomic mass is 9.81. The number of aryl methyl sites for hydroxylation is 1. The van der Waals surface area contributed by atoms with Crippen LogP contribution in [-0.4, -0.2) is 44.5 Å². The van der Waals surface area contributed by atoms with Gasteiger partial charge in [0.1, 0.15) is 0 Å². The van der Waals surface area contributed by atoms with Crippen LogP contribution in [0.5, 0.6) is 0 Å². The first-order chi connectivity index (χ1) is 9.77. The molecule has 0 aliphatic heterocycles. The number of aromatic amines is 1. The van der Waals surface area contributed by atoms with E-state index in [-0.39, 0.29) is 14.6 Å². The second kappa shape index (κ2) is 6.20. The maximum Gasteiger partial charge on any atom is 0.305 e. The van der Waals surface area contributed by atoms with Crippen LogP contribution in [0.1, 0.15) is 37.8 Å². The third-order valence-electron chi connectivity index (χ3n) is 4.35. The first-order valence-electron chi connectivity index (χ1n) is 7.14. The van der Waals surface area contributed by atoms with Crippen molar-refractivity contribution in [3.8, 4) is 0 Å². The highest BCUT2D eigenvalue weighted by atomic mass is 32.2. The Morgan fingerprint density at radius 3 is 2.38 bits per heavy atom. The number of likely N-dealkylation sites (N-methyl/N-ethyl adjacent to an activating group) is 1. The summed E-state index contributed by atoms with van der Waals surface area (Å²) in [4.78, 5) is 15.6. The van der Waals surface area contributed by atoms with Crippen LogP contribution in [0.3, 0.4) is 0 Å². The molecule has 1 aliphatic rings. The lowest BCUT2D eigenvalue weighted by Gasteiger charge is -2.43. The van der Waals surface area contributed by atoms with Crippen LogP contribution in [0.25, 0.3) is 0 Å². The van der Waals surface area contributed by atoms with Crippen LogP contribution in [-0.2, 0) is 10.0 Å².